The van der Waals surface area contributed by atoms with Crippen LogP contribution in [0.25, 0.3) is 0 Å². The molecule has 1 aliphatic heterocycles. The van der Waals surface area contributed by atoms with Gasteiger partial charge in [0.05, 0.1) is 16.2 Å². The van der Waals surface area contributed by atoms with Gasteiger partial charge in [0.1, 0.15) is 0 Å². The largest absolute Gasteiger partial charge is 0.502 e. The van der Waals surface area contributed by atoms with E-state index in [1.165, 1.54) is 17.7 Å². The molecule has 2 heterocycles. The van der Waals surface area contributed by atoms with Gasteiger partial charge in [-0.2, -0.15) is 0 Å². The summed E-state index contributed by atoms with van der Waals surface area (Å²) in [5.41, 5.74) is 4.18. The van der Waals surface area contributed by atoms with Crippen molar-refractivity contribution >= 4 is 11.6 Å². The molecule has 0 saturated carbocycles. The van der Waals surface area contributed by atoms with Crippen molar-refractivity contribution in [2.24, 2.45) is 0 Å². The van der Waals surface area contributed by atoms with Crippen molar-refractivity contribution in [1.82, 2.24) is 15.2 Å². The van der Waals surface area contributed by atoms with E-state index in [2.05, 4.69) is 22.3 Å². The van der Waals surface area contributed by atoms with E-state index < -0.39 is 4.92 Å². The summed E-state index contributed by atoms with van der Waals surface area (Å²) in [6.45, 7) is 4.72. The van der Waals surface area contributed by atoms with Gasteiger partial charge in [-0.15, -0.1) is 0 Å². The average molecular weight is 489 g/mol. The molecule has 1 fully saturated rings. The number of pyridine rings is 1. The third kappa shape index (κ3) is 6.46. The van der Waals surface area contributed by atoms with Crippen LogP contribution in [0.1, 0.15) is 58.1 Å². The molecule has 2 N–H and O–H groups in total. The number of phenolic OH excluding ortho intramolecular Hbond substituents is 1. The molecular formula is C28H32N4O4. The van der Waals surface area contributed by atoms with E-state index in [1.807, 2.05) is 37.3 Å². The second-order valence-electron chi connectivity index (χ2n) is 9.36. The fourth-order valence-corrected chi connectivity index (χ4v) is 4.75. The highest BCUT2D eigenvalue weighted by Gasteiger charge is 2.26. The van der Waals surface area contributed by atoms with E-state index in [-0.39, 0.29) is 23.3 Å². The summed E-state index contributed by atoms with van der Waals surface area (Å²) in [5.74, 6) is -0.219. The molecule has 8 heteroatoms. The number of benzene rings is 2. The minimum Gasteiger partial charge on any atom is -0.502 e. The molecule has 1 amide bonds. The number of likely N-dealkylation sites (tertiary alicyclic amines) is 1. The maximum atomic E-state index is 13.0. The third-order valence-electron chi connectivity index (χ3n) is 6.70. The lowest BCUT2D eigenvalue weighted by molar-refractivity contribution is -0.385. The summed E-state index contributed by atoms with van der Waals surface area (Å²) in [7, 11) is 0. The molecule has 188 valence electrons. The molecular weight excluding hydrogens is 456 g/mol. The molecule has 0 spiro atoms. The Morgan fingerprint density at radius 2 is 1.86 bits per heavy atom. The number of aromatic hydroxyl groups is 1. The van der Waals surface area contributed by atoms with Crippen LogP contribution in [0.3, 0.4) is 0 Å². The lowest BCUT2D eigenvalue weighted by Gasteiger charge is -2.32. The highest BCUT2D eigenvalue weighted by Crippen LogP contribution is 2.31. The van der Waals surface area contributed by atoms with Crippen LogP contribution in [0, 0.1) is 17.0 Å². The van der Waals surface area contributed by atoms with Gasteiger partial charge in [-0.1, -0.05) is 36.4 Å². The zero-order chi connectivity index (χ0) is 25.5. The Morgan fingerprint density at radius 1 is 1.11 bits per heavy atom. The normalized spacial score (nSPS) is 14.5. The summed E-state index contributed by atoms with van der Waals surface area (Å²) in [4.78, 5) is 30.6. The molecule has 3 aromatic rings. The van der Waals surface area contributed by atoms with Crippen LogP contribution >= 0.6 is 0 Å². The Labute approximate surface area is 211 Å². The predicted molar refractivity (Wildman–Crippen MR) is 138 cm³/mol. The Bertz CT molecular complexity index is 1210. The molecule has 36 heavy (non-hydrogen) atoms. The molecule has 2 aromatic carbocycles. The van der Waals surface area contributed by atoms with E-state index in [0.29, 0.717) is 18.7 Å². The number of hydrogen-bond acceptors (Lipinski definition) is 6. The number of nitrogens with one attached hydrogen (secondary N) is 1. The second kappa shape index (κ2) is 11.8. The van der Waals surface area contributed by atoms with Crippen molar-refractivity contribution in [3.8, 4) is 5.75 Å². The van der Waals surface area contributed by atoms with E-state index in [0.717, 1.165) is 55.7 Å². The number of nitrogens with zero attached hydrogens (tertiary/aromatic N) is 3. The van der Waals surface area contributed by atoms with E-state index in [1.54, 1.807) is 6.07 Å². The topological polar surface area (TPSA) is 109 Å². The molecule has 1 aromatic heterocycles. The quantitative estimate of drug-likeness (QED) is 0.256. The zero-order valence-corrected chi connectivity index (χ0v) is 20.5. The third-order valence-corrected chi connectivity index (χ3v) is 6.70. The van der Waals surface area contributed by atoms with Gasteiger partial charge in [0.15, 0.2) is 5.75 Å². The zero-order valence-electron chi connectivity index (χ0n) is 20.5. The average Bonchev–Trinajstić information content (AvgIpc) is 2.88. The van der Waals surface area contributed by atoms with Gasteiger partial charge < -0.3 is 10.4 Å². The van der Waals surface area contributed by atoms with Gasteiger partial charge in [-0.05, 0) is 75.0 Å². The van der Waals surface area contributed by atoms with E-state index in [9.17, 15) is 20.0 Å². The Balaban J connectivity index is 1.34. The molecule has 0 atom stereocenters. The summed E-state index contributed by atoms with van der Waals surface area (Å²) < 4.78 is 0. The number of aromatic nitrogens is 1. The lowest BCUT2D eigenvalue weighted by atomic mass is 9.89. The van der Waals surface area contributed by atoms with Crippen LogP contribution in [-0.2, 0) is 13.0 Å². The Morgan fingerprint density at radius 3 is 2.58 bits per heavy atom. The minimum atomic E-state index is -0.567. The van der Waals surface area contributed by atoms with E-state index >= 15 is 0 Å². The predicted octanol–water partition coefficient (Wildman–Crippen LogP) is 4.75. The number of carbonyl (C=O) groups excluding carboxylic acids is 1. The first-order chi connectivity index (χ1) is 17.4. The SMILES string of the molecule is Cc1ccc(C(=O)NCCCc2ccccc2)c(C2CCN(Cc3ccc(O)c([N+](=O)[O-])c3)CC2)n1. The summed E-state index contributed by atoms with van der Waals surface area (Å²) >= 11 is 0. The van der Waals surface area contributed by atoms with Crippen molar-refractivity contribution in [2.75, 3.05) is 19.6 Å². The van der Waals surface area contributed by atoms with Crippen LogP contribution in [0.4, 0.5) is 5.69 Å². The number of amides is 1. The first-order valence-electron chi connectivity index (χ1n) is 12.4. The monoisotopic (exact) mass is 488 g/mol. The van der Waals surface area contributed by atoms with Crippen molar-refractivity contribution < 1.29 is 14.8 Å². The number of nitro benzene ring substituents is 1. The number of aryl methyl sites for hydroxylation is 2. The molecule has 0 radical (unpaired) electrons. The molecule has 0 unspecified atom stereocenters. The number of rotatable bonds is 9. The van der Waals surface area contributed by atoms with Gasteiger partial charge in [-0.25, -0.2) is 0 Å². The van der Waals surface area contributed by atoms with Crippen LogP contribution in [-0.4, -0.2) is 45.5 Å². The fraction of sp³-hybridized carbons (Fsp3) is 0.357. The number of carbonyl (C=O) groups is 1. The van der Waals surface area contributed by atoms with Crippen LogP contribution < -0.4 is 5.32 Å². The first kappa shape index (κ1) is 25.3. The second-order valence-corrected chi connectivity index (χ2v) is 9.36. The lowest BCUT2D eigenvalue weighted by Crippen LogP contribution is -2.34. The highest BCUT2D eigenvalue weighted by molar-refractivity contribution is 5.95. The standard InChI is InChI=1S/C28H32N4O4/c1-20-9-11-24(28(34)29-15-5-8-21-6-3-2-4-7-21)27(30-20)23-13-16-31(17-14-23)19-22-10-12-26(33)25(18-22)32(35)36/h2-4,6-7,9-12,18,23,33H,5,8,13-17,19H2,1H3,(H,29,34). The number of piperidine rings is 1. The van der Waals surface area contributed by atoms with Crippen molar-refractivity contribution in [1.29, 1.82) is 0 Å². The van der Waals surface area contributed by atoms with Crippen molar-refractivity contribution in [3.05, 3.63) is 98.9 Å². The van der Waals surface area contributed by atoms with Gasteiger partial charge in [-0.3, -0.25) is 24.8 Å². The number of phenols is 1. The van der Waals surface area contributed by atoms with Gasteiger partial charge in [0, 0.05) is 30.8 Å². The van der Waals surface area contributed by atoms with Crippen molar-refractivity contribution in [2.45, 2.75) is 45.1 Å². The summed E-state index contributed by atoms with van der Waals surface area (Å²) in [6.07, 6.45) is 3.50. The highest BCUT2D eigenvalue weighted by atomic mass is 16.6. The van der Waals surface area contributed by atoms with Gasteiger partial charge in [0.2, 0.25) is 0 Å². The molecule has 4 rings (SSSR count). The molecule has 1 aliphatic rings. The van der Waals surface area contributed by atoms with Crippen molar-refractivity contribution in [3.63, 3.8) is 0 Å². The van der Waals surface area contributed by atoms with Crippen LogP contribution in [0.2, 0.25) is 0 Å². The number of nitro groups is 1. The maximum Gasteiger partial charge on any atom is 0.311 e. The van der Waals surface area contributed by atoms with E-state index in [4.69, 9.17) is 4.98 Å². The van der Waals surface area contributed by atoms with Crippen LogP contribution in [0.15, 0.2) is 60.7 Å². The molecule has 0 aliphatic carbocycles. The van der Waals surface area contributed by atoms with Gasteiger partial charge >= 0.3 is 5.69 Å². The molecule has 1 saturated heterocycles. The first-order valence-corrected chi connectivity index (χ1v) is 12.4. The van der Waals surface area contributed by atoms with Gasteiger partial charge in [0.25, 0.3) is 5.91 Å². The van der Waals surface area contributed by atoms with Crippen LogP contribution in [0.5, 0.6) is 5.75 Å². The summed E-state index contributed by atoms with van der Waals surface area (Å²) in [6, 6.07) is 18.5. The molecule has 8 nitrogen and oxygen atoms in total. The molecule has 0 bridgehead atoms. The number of hydrogen-bond donors (Lipinski definition) is 2. The fourth-order valence-electron chi connectivity index (χ4n) is 4.75. The smallest absolute Gasteiger partial charge is 0.311 e. The maximum absolute atomic E-state index is 13.0. The minimum absolute atomic E-state index is 0.0793. The summed E-state index contributed by atoms with van der Waals surface area (Å²) in [5, 5.41) is 23.9. The Hall–Kier alpha value is -3.78. The Kier molecular flexibility index (Phi) is 8.28.